The molecule has 0 saturated heterocycles. The van der Waals surface area contributed by atoms with E-state index in [0.29, 0.717) is 13.2 Å². The molecule has 1 N–H and O–H groups in total. The summed E-state index contributed by atoms with van der Waals surface area (Å²) in [5, 5.41) is 7.79. The van der Waals surface area contributed by atoms with Gasteiger partial charge in [0, 0.05) is 18.5 Å². The first-order valence-electron chi connectivity index (χ1n) is 6.90. The number of ether oxygens (including phenoxy) is 1. The number of aryl methyl sites for hydroxylation is 2. The quantitative estimate of drug-likeness (QED) is 0.868. The fourth-order valence-corrected chi connectivity index (χ4v) is 2.98. The molecule has 0 saturated carbocycles. The topological polar surface area (TPSA) is 52.0 Å². The molecule has 0 radical (unpaired) electrons. The average Bonchev–Trinajstić information content (AvgIpc) is 2.81. The van der Waals surface area contributed by atoms with E-state index in [4.69, 9.17) is 4.74 Å². The maximum absolute atomic E-state index is 5.16. The Morgan fingerprint density at radius 1 is 1.38 bits per heavy atom. The number of aromatic nitrogens is 3. The summed E-state index contributed by atoms with van der Waals surface area (Å²) in [5.41, 5.74) is 4.30. The van der Waals surface area contributed by atoms with Gasteiger partial charge in [-0.3, -0.25) is 9.67 Å². The number of halogens is 1. The molecule has 2 aromatic rings. The van der Waals surface area contributed by atoms with Crippen LogP contribution in [0.5, 0.6) is 0 Å². The number of nitrogens with one attached hydrogen (secondary N) is 1. The monoisotopic (exact) mass is 352 g/mol. The summed E-state index contributed by atoms with van der Waals surface area (Å²) < 4.78 is 8.11. The summed E-state index contributed by atoms with van der Waals surface area (Å²) >= 11 is 3.60. The number of hydrogen-bond donors (Lipinski definition) is 1. The zero-order valence-corrected chi connectivity index (χ0v) is 14.4. The van der Waals surface area contributed by atoms with Crippen LogP contribution in [0, 0.1) is 13.8 Å². The Morgan fingerprint density at radius 3 is 2.76 bits per heavy atom. The van der Waals surface area contributed by atoms with Crippen molar-refractivity contribution in [3.63, 3.8) is 0 Å². The van der Waals surface area contributed by atoms with Crippen molar-refractivity contribution in [3.8, 4) is 0 Å². The molecule has 0 bridgehead atoms. The molecule has 1 unspecified atom stereocenters. The van der Waals surface area contributed by atoms with Gasteiger partial charge in [0.1, 0.15) is 0 Å². The Labute approximate surface area is 133 Å². The van der Waals surface area contributed by atoms with Crippen LogP contribution in [0.2, 0.25) is 0 Å². The van der Waals surface area contributed by atoms with Crippen LogP contribution in [0.4, 0.5) is 0 Å². The van der Waals surface area contributed by atoms with E-state index in [-0.39, 0.29) is 6.04 Å². The minimum Gasteiger partial charge on any atom is -0.383 e. The van der Waals surface area contributed by atoms with Gasteiger partial charge in [-0.25, -0.2) is 0 Å². The van der Waals surface area contributed by atoms with Gasteiger partial charge in [-0.15, -0.1) is 0 Å². The van der Waals surface area contributed by atoms with E-state index in [1.54, 1.807) is 7.11 Å². The van der Waals surface area contributed by atoms with E-state index in [1.807, 2.05) is 37.8 Å². The molecule has 2 aromatic heterocycles. The second-order valence-electron chi connectivity index (χ2n) is 4.94. The maximum Gasteiger partial charge on any atom is 0.0775 e. The Balaban J connectivity index is 2.43. The third-order valence-electron chi connectivity index (χ3n) is 3.48. The number of rotatable bonds is 6. The lowest BCUT2D eigenvalue weighted by atomic mass is 10.0. The summed E-state index contributed by atoms with van der Waals surface area (Å²) in [5.74, 6) is 0. The molecular weight excluding hydrogens is 332 g/mol. The van der Waals surface area contributed by atoms with Crippen LogP contribution in [0.3, 0.4) is 0 Å². The van der Waals surface area contributed by atoms with Gasteiger partial charge in [0.2, 0.25) is 0 Å². The van der Waals surface area contributed by atoms with Crippen molar-refractivity contribution in [1.82, 2.24) is 20.1 Å². The smallest absolute Gasteiger partial charge is 0.0775 e. The largest absolute Gasteiger partial charge is 0.383 e. The Bertz CT molecular complexity index is 612. The van der Waals surface area contributed by atoms with Gasteiger partial charge in [-0.1, -0.05) is 6.07 Å². The van der Waals surface area contributed by atoms with Crippen LogP contribution in [-0.2, 0) is 11.3 Å². The molecule has 0 aromatic carbocycles. The van der Waals surface area contributed by atoms with Crippen LogP contribution in [-0.4, -0.2) is 35.5 Å². The minimum atomic E-state index is 0.0341. The summed E-state index contributed by atoms with van der Waals surface area (Å²) in [7, 11) is 3.64. The molecule has 0 aliphatic carbocycles. The predicted octanol–water partition coefficient (Wildman–Crippen LogP) is 2.61. The standard InChI is InChI=1S/C15H21BrN4O/c1-10-5-6-12(11(2)19-10)14(17-3)15-13(16)9-18-20(15)7-8-21-4/h5-6,9,14,17H,7-8H2,1-4H3. The number of nitrogens with zero attached hydrogens (tertiary/aromatic N) is 3. The van der Waals surface area contributed by atoms with Gasteiger partial charge in [0.05, 0.1) is 35.6 Å². The first-order chi connectivity index (χ1) is 10.1. The normalized spacial score (nSPS) is 12.6. The van der Waals surface area contributed by atoms with Gasteiger partial charge in [0.25, 0.3) is 0 Å². The molecule has 0 amide bonds. The first kappa shape index (κ1) is 16.1. The maximum atomic E-state index is 5.16. The lowest BCUT2D eigenvalue weighted by Crippen LogP contribution is -2.24. The van der Waals surface area contributed by atoms with E-state index in [0.717, 1.165) is 27.1 Å². The van der Waals surface area contributed by atoms with Crippen LogP contribution >= 0.6 is 15.9 Å². The highest BCUT2D eigenvalue weighted by atomic mass is 79.9. The van der Waals surface area contributed by atoms with Crippen LogP contribution < -0.4 is 5.32 Å². The minimum absolute atomic E-state index is 0.0341. The lowest BCUT2D eigenvalue weighted by Gasteiger charge is -2.21. The highest BCUT2D eigenvalue weighted by Gasteiger charge is 2.22. The van der Waals surface area contributed by atoms with Crippen LogP contribution in [0.25, 0.3) is 0 Å². The lowest BCUT2D eigenvalue weighted by molar-refractivity contribution is 0.182. The van der Waals surface area contributed by atoms with Gasteiger partial charge < -0.3 is 10.1 Å². The molecule has 0 aliphatic rings. The molecule has 2 heterocycles. The predicted molar refractivity (Wildman–Crippen MR) is 86.4 cm³/mol. The fourth-order valence-electron chi connectivity index (χ4n) is 2.46. The highest BCUT2D eigenvalue weighted by molar-refractivity contribution is 9.10. The molecule has 1 atom stereocenters. The fraction of sp³-hybridized carbons (Fsp3) is 0.467. The summed E-state index contributed by atoms with van der Waals surface area (Å²) in [4.78, 5) is 4.56. The van der Waals surface area contributed by atoms with Crippen molar-refractivity contribution < 1.29 is 4.74 Å². The zero-order valence-electron chi connectivity index (χ0n) is 12.9. The SMILES string of the molecule is CNC(c1ccc(C)nc1C)c1c(Br)cnn1CCOC. The zero-order chi connectivity index (χ0) is 15.4. The van der Waals surface area contributed by atoms with Gasteiger partial charge in [0.15, 0.2) is 0 Å². The van der Waals surface area contributed by atoms with Crippen molar-refractivity contribution in [3.05, 3.63) is 45.4 Å². The third-order valence-corrected chi connectivity index (χ3v) is 4.09. The van der Waals surface area contributed by atoms with Gasteiger partial charge >= 0.3 is 0 Å². The molecule has 6 heteroatoms. The second kappa shape index (κ2) is 7.15. The summed E-state index contributed by atoms with van der Waals surface area (Å²) in [6, 6.07) is 4.20. The molecule has 0 aliphatic heterocycles. The average molecular weight is 353 g/mol. The van der Waals surface area contributed by atoms with Crippen LogP contribution in [0.1, 0.15) is 28.7 Å². The first-order valence-corrected chi connectivity index (χ1v) is 7.69. The van der Waals surface area contributed by atoms with E-state index >= 15 is 0 Å². The van der Waals surface area contributed by atoms with Crippen molar-refractivity contribution in [2.75, 3.05) is 20.8 Å². The van der Waals surface area contributed by atoms with Crippen molar-refractivity contribution >= 4 is 15.9 Å². The Hall–Kier alpha value is -1.24. The number of hydrogen-bond acceptors (Lipinski definition) is 4. The molecule has 2 rings (SSSR count). The van der Waals surface area contributed by atoms with Crippen molar-refractivity contribution in [2.45, 2.75) is 26.4 Å². The third kappa shape index (κ3) is 3.51. The van der Waals surface area contributed by atoms with E-state index in [2.05, 4.69) is 37.4 Å². The number of pyridine rings is 1. The molecule has 21 heavy (non-hydrogen) atoms. The van der Waals surface area contributed by atoms with E-state index in [9.17, 15) is 0 Å². The molecular formula is C15H21BrN4O. The second-order valence-corrected chi connectivity index (χ2v) is 5.80. The Kier molecular flexibility index (Phi) is 5.50. The van der Waals surface area contributed by atoms with E-state index in [1.165, 1.54) is 0 Å². The van der Waals surface area contributed by atoms with Crippen LogP contribution in [0.15, 0.2) is 22.8 Å². The molecule has 0 spiro atoms. The number of methoxy groups -OCH3 is 1. The highest BCUT2D eigenvalue weighted by Crippen LogP contribution is 2.29. The summed E-state index contributed by atoms with van der Waals surface area (Å²) in [6.07, 6.45) is 1.83. The molecule has 5 nitrogen and oxygen atoms in total. The molecule has 114 valence electrons. The molecule has 0 fully saturated rings. The van der Waals surface area contributed by atoms with Gasteiger partial charge in [-0.05, 0) is 48.5 Å². The van der Waals surface area contributed by atoms with Crippen molar-refractivity contribution in [1.29, 1.82) is 0 Å². The Morgan fingerprint density at radius 2 is 2.14 bits per heavy atom. The van der Waals surface area contributed by atoms with Gasteiger partial charge in [-0.2, -0.15) is 5.10 Å². The summed E-state index contributed by atoms with van der Waals surface area (Å²) in [6.45, 7) is 5.39. The van der Waals surface area contributed by atoms with Crippen molar-refractivity contribution in [2.24, 2.45) is 0 Å². The van der Waals surface area contributed by atoms with E-state index < -0.39 is 0 Å².